The Morgan fingerprint density at radius 3 is 1.98 bits per heavy atom. The number of rotatable bonds is 35. The second-order valence-corrected chi connectivity index (χ2v) is 26.4. The van der Waals surface area contributed by atoms with Crippen molar-refractivity contribution < 1.29 is 23.8 Å². The number of aliphatic hydroxyl groups excluding tert-OH is 2. The van der Waals surface area contributed by atoms with Crippen molar-refractivity contribution in [2.75, 3.05) is 39.5 Å². The number of hydrogen-bond acceptors (Lipinski definition) is 6. The Morgan fingerprint density at radius 1 is 0.734 bits per heavy atom. The van der Waals surface area contributed by atoms with E-state index >= 15 is 0 Å². The normalized spacial score (nSPS) is 28.6. The molecular formula is C57H107NO5Si. The van der Waals surface area contributed by atoms with E-state index in [1.807, 2.05) is 0 Å². The number of fused-ring (bicyclic) bond motifs is 5. The van der Waals surface area contributed by atoms with E-state index in [1.54, 1.807) is 5.57 Å². The highest BCUT2D eigenvalue weighted by Gasteiger charge is 2.59. The van der Waals surface area contributed by atoms with Gasteiger partial charge in [-0.2, -0.15) is 0 Å². The van der Waals surface area contributed by atoms with Crippen LogP contribution in [0.15, 0.2) is 23.8 Å². The Morgan fingerprint density at radius 2 is 1.36 bits per heavy atom. The summed E-state index contributed by atoms with van der Waals surface area (Å²) in [6.07, 6.45) is 42.8. The van der Waals surface area contributed by atoms with Crippen LogP contribution in [-0.4, -0.2) is 75.5 Å². The van der Waals surface area contributed by atoms with Crippen LogP contribution in [0.4, 0.5) is 0 Å². The molecule has 2 N–H and O–H groups in total. The van der Waals surface area contributed by atoms with E-state index in [1.165, 1.54) is 128 Å². The maximum Gasteiger partial charge on any atom is 0.333 e. The van der Waals surface area contributed by atoms with Gasteiger partial charge in [0.05, 0.1) is 19.3 Å². The van der Waals surface area contributed by atoms with E-state index < -0.39 is 8.56 Å². The molecule has 0 amide bonds. The van der Waals surface area contributed by atoms with Gasteiger partial charge in [-0.1, -0.05) is 162 Å². The summed E-state index contributed by atoms with van der Waals surface area (Å²) in [6.45, 7) is 25.0. The molecule has 0 aromatic heterocycles. The Kier molecular flexibility index (Phi) is 25.8. The summed E-state index contributed by atoms with van der Waals surface area (Å²) in [5.74, 6) is 5.45. The van der Waals surface area contributed by atoms with Crippen LogP contribution >= 0.6 is 0 Å². The Bertz CT molecular complexity index is 1300. The summed E-state index contributed by atoms with van der Waals surface area (Å²) < 4.78 is 20.7. The van der Waals surface area contributed by atoms with E-state index in [0.717, 1.165) is 87.7 Å². The molecule has 0 spiro atoms. The molecule has 7 heteroatoms. The second kappa shape index (κ2) is 29.5. The molecule has 10 unspecified atom stereocenters. The van der Waals surface area contributed by atoms with Gasteiger partial charge < -0.3 is 23.8 Å². The standard InChI is InChI=1S/C57H107NO5Si/c1-10-12-13-14-15-16-17-18-19-20-21-22-25-28-55(63-64(8,9)61-44-27-24-23-26-39-58(40-42-59)41-43-60)62-50-35-37-56(6)49(45-50)31-32-51-53-34-33-52(57(53,7)38-36-54(51)56)47(5)29-30-48(11-2)46(3)4/h29-31,46-48,50-55,59-60H,10-28,32-45H2,1-9H3/b30-29+. The Labute approximate surface area is 398 Å². The summed E-state index contributed by atoms with van der Waals surface area (Å²) in [5.41, 5.74) is 2.51. The molecule has 4 rings (SSSR count). The zero-order chi connectivity index (χ0) is 46.4. The van der Waals surface area contributed by atoms with Crippen LogP contribution in [0.2, 0.25) is 13.1 Å². The topological polar surface area (TPSA) is 71.4 Å². The van der Waals surface area contributed by atoms with Crippen molar-refractivity contribution >= 4 is 8.56 Å². The van der Waals surface area contributed by atoms with Crippen LogP contribution in [0.3, 0.4) is 0 Å². The molecule has 10 atom stereocenters. The highest BCUT2D eigenvalue weighted by molar-refractivity contribution is 6.64. The average molecular weight is 915 g/mol. The zero-order valence-electron chi connectivity index (χ0n) is 43.8. The third-order valence-electron chi connectivity index (χ3n) is 17.7. The molecule has 0 aromatic carbocycles. The summed E-state index contributed by atoms with van der Waals surface area (Å²) in [6, 6.07) is 0. The highest BCUT2D eigenvalue weighted by atomic mass is 28.4. The van der Waals surface area contributed by atoms with Crippen LogP contribution in [0.1, 0.15) is 222 Å². The minimum atomic E-state index is -2.40. The lowest BCUT2D eigenvalue weighted by Gasteiger charge is -2.58. The molecule has 0 saturated heterocycles. The fourth-order valence-corrected chi connectivity index (χ4v) is 15.2. The summed E-state index contributed by atoms with van der Waals surface area (Å²) in [7, 11) is -2.40. The second-order valence-electron chi connectivity index (χ2n) is 23.1. The molecule has 64 heavy (non-hydrogen) atoms. The number of nitrogens with zero attached hydrogens (tertiary/aromatic N) is 1. The maximum absolute atomic E-state index is 9.33. The van der Waals surface area contributed by atoms with Crippen molar-refractivity contribution in [1.29, 1.82) is 0 Å². The van der Waals surface area contributed by atoms with Crippen LogP contribution in [0, 0.1) is 52.3 Å². The largest absolute Gasteiger partial charge is 0.395 e. The van der Waals surface area contributed by atoms with Gasteiger partial charge in [-0.15, -0.1) is 0 Å². The molecular weight excluding hydrogens is 807 g/mol. The lowest BCUT2D eigenvalue weighted by molar-refractivity contribution is -0.150. The minimum Gasteiger partial charge on any atom is -0.395 e. The number of unbranched alkanes of at least 4 members (excludes halogenated alkanes) is 15. The van der Waals surface area contributed by atoms with E-state index in [2.05, 4.69) is 84.7 Å². The maximum atomic E-state index is 9.33. The smallest absolute Gasteiger partial charge is 0.333 e. The lowest BCUT2D eigenvalue weighted by Crippen LogP contribution is -2.51. The number of aliphatic hydroxyl groups is 2. The van der Waals surface area contributed by atoms with Crippen molar-refractivity contribution in [3.05, 3.63) is 23.8 Å². The average Bonchev–Trinajstić information content (AvgIpc) is 3.62. The van der Waals surface area contributed by atoms with Gasteiger partial charge >= 0.3 is 8.56 Å². The van der Waals surface area contributed by atoms with Crippen LogP contribution in [0.5, 0.6) is 0 Å². The predicted octanol–water partition coefficient (Wildman–Crippen LogP) is 15.2. The summed E-state index contributed by atoms with van der Waals surface area (Å²) in [4.78, 5) is 2.15. The Balaban J connectivity index is 1.30. The molecule has 0 radical (unpaired) electrons. The van der Waals surface area contributed by atoms with Gasteiger partial charge in [-0.05, 0) is 155 Å². The number of hydrogen-bond donors (Lipinski definition) is 2. The van der Waals surface area contributed by atoms with Gasteiger partial charge in [-0.3, -0.25) is 4.90 Å². The van der Waals surface area contributed by atoms with Crippen molar-refractivity contribution in [3.8, 4) is 0 Å². The summed E-state index contributed by atoms with van der Waals surface area (Å²) >= 11 is 0. The predicted molar refractivity (Wildman–Crippen MR) is 275 cm³/mol. The molecule has 4 aliphatic carbocycles. The van der Waals surface area contributed by atoms with E-state index in [-0.39, 0.29) is 25.6 Å². The molecule has 6 nitrogen and oxygen atoms in total. The van der Waals surface area contributed by atoms with Crippen molar-refractivity contribution in [2.24, 2.45) is 52.3 Å². The first-order valence-corrected chi connectivity index (χ1v) is 30.9. The molecule has 4 aliphatic rings. The monoisotopic (exact) mass is 914 g/mol. The molecule has 3 fully saturated rings. The van der Waals surface area contributed by atoms with E-state index in [9.17, 15) is 10.2 Å². The number of allylic oxidation sites excluding steroid dienone is 3. The first-order valence-electron chi connectivity index (χ1n) is 28.1. The van der Waals surface area contributed by atoms with Crippen molar-refractivity contribution in [3.63, 3.8) is 0 Å². The van der Waals surface area contributed by atoms with Gasteiger partial charge in [-0.25, -0.2) is 0 Å². The van der Waals surface area contributed by atoms with Gasteiger partial charge in [0.15, 0.2) is 0 Å². The van der Waals surface area contributed by atoms with Crippen LogP contribution < -0.4 is 0 Å². The fraction of sp³-hybridized carbons (Fsp3) is 0.930. The SMILES string of the molecule is CCCCCCCCCCCCCCCC(OC1CCC2(C)C(=CCC3C2CCC2(C)C(C(C)/C=C/C(CC)C(C)C)CCC32)C1)O[Si](C)(C)OCCCCCCN(CCO)CCO. The minimum absolute atomic E-state index is 0.146. The molecule has 0 aromatic rings. The zero-order valence-corrected chi connectivity index (χ0v) is 44.8. The highest BCUT2D eigenvalue weighted by Crippen LogP contribution is 2.67. The third-order valence-corrected chi connectivity index (χ3v) is 19.4. The van der Waals surface area contributed by atoms with Crippen molar-refractivity contribution in [1.82, 2.24) is 4.90 Å². The van der Waals surface area contributed by atoms with Gasteiger partial charge in [0.2, 0.25) is 0 Å². The fourth-order valence-electron chi connectivity index (χ4n) is 13.7. The van der Waals surface area contributed by atoms with E-state index in [0.29, 0.717) is 35.8 Å². The molecule has 374 valence electrons. The first-order chi connectivity index (χ1) is 30.8. The Hall–Kier alpha value is -0.543. The van der Waals surface area contributed by atoms with Crippen LogP contribution in [-0.2, 0) is 13.6 Å². The van der Waals surface area contributed by atoms with Gasteiger partial charge in [0, 0.05) is 19.7 Å². The van der Waals surface area contributed by atoms with Crippen molar-refractivity contribution in [2.45, 2.75) is 247 Å². The van der Waals surface area contributed by atoms with Gasteiger partial charge in [0.25, 0.3) is 0 Å². The van der Waals surface area contributed by atoms with E-state index in [4.69, 9.17) is 13.6 Å². The van der Waals surface area contributed by atoms with Gasteiger partial charge in [0.1, 0.15) is 6.29 Å². The third kappa shape index (κ3) is 17.5. The molecule has 0 aliphatic heterocycles. The first kappa shape index (κ1) is 56.0. The van der Waals surface area contributed by atoms with Crippen LogP contribution in [0.25, 0.3) is 0 Å². The molecule has 3 saturated carbocycles. The quantitative estimate of drug-likeness (QED) is 0.0286. The summed E-state index contributed by atoms with van der Waals surface area (Å²) in [5, 5.41) is 18.7. The number of ether oxygens (including phenoxy) is 1. The molecule has 0 heterocycles. The lowest BCUT2D eigenvalue weighted by atomic mass is 9.47. The molecule has 0 bridgehead atoms.